The zero-order valence-corrected chi connectivity index (χ0v) is 19.4. The topological polar surface area (TPSA) is 13.1 Å². The van der Waals surface area contributed by atoms with E-state index < -0.39 is 8.07 Å². The number of furan rings is 1. The van der Waals surface area contributed by atoms with Crippen molar-refractivity contribution in [2.24, 2.45) is 0 Å². The molecule has 0 radical (unpaired) electrons. The predicted octanol–water partition coefficient (Wildman–Crippen LogP) is 5.25. The van der Waals surface area contributed by atoms with Crippen molar-refractivity contribution in [3.63, 3.8) is 0 Å². The summed E-state index contributed by atoms with van der Waals surface area (Å²) in [7, 11) is -2.56. The van der Waals surface area contributed by atoms with Crippen molar-refractivity contribution in [3.8, 4) is 11.1 Å². The molecule has 2 heterocycles. The van der Waals surface area contributed by atoms with Gasteiger partial charge in [0.15, 0.2) is 8.07 Å². The van der Waals surface area contributed by atoms with E-state index in [1.807, 2.05) is 0 Å². The number of fused-ring (bicyclic) bond motifs is 7. The Kier molecular flexibility index (Phi) is 3.85. The van der Waals surface area contributed by atoms with Crippen LogP contribution >= 0.6 is 0 Å². The Bertz CT molecular complexity index is 1620. The SMILES string of the molecule is Cc1cc2oc3ccccc3c2c2c1-c1ccccc1[Si]2(c1ccccc1)c1ccccc1. The van der Waals surface area contributed by atoms with Gasteiger partial charge in [0, 0.05) is 10.8 Å². The van der Waals surface area contributed by atoms with Crippen molar-refractivity contribution < 1.29 is 4.42 Å². The van der Waals surface area contributed by atoms with Crippen LogP contribution in [0.15, 0.2) is 120 Å². The second-order valence-electron chi connectivity index (χ2n) is 8.94. The number of rotatable bonds is 2. The second kappa shape index (κ2) is 6.81. The summed E-state index contributed by atoms with van der Waals surface area (Å²) in [6, 6.07) is 42.1. The summed E-state index contributed by atoms with van der Waals surface area (Å²) >= 11 is 0. The summed E-state index contributed by atoms with van der Waals surface area (Å²) < 4.78 is 6.44. The van der Waals surface area contributed by atoms with Crippen molar-refractivity contribution in [1.29, 1.82) is 0 Å². The van der Waals surface area contributed by atoms with Crippen molar-refractivity contribution in [3.05, 3.63) is 121 Å². The molecule has 0 spiro atoms. The highest BCUT2D eigenvalue weighted by molar-refractivity contribution is 7.23. The lowest BCUT2D eigenvalue weighted by Crippen LogP contribution is -2.73. The Morgan fingerprint density at radius 3 is 1.94 bits per heavy atom. The van der Waals surface area contributed by atoms with E-state index in [0.717, 1.165) is 11.2 Å². The lowest BCUT2D eigenvalue weighted by molar-refractivity contribution is 0.669. The monoisotopic (exact) mass is 438 g/mol. The molecule has 0 saturated carbocycles. The van der Waals surface area contributed by atoms with Gasteiger partial charge in [-0.3, -0.25) is 0 Å². The first-order chi connectivity index (χ1) is 16.3. The van der Waals surface area contributed by atoms with E-state index in [1.165, 1.54) is 48.2 Å². The molecule has 6 aromatic rings. The van der Waals surface area contributed by atoms with Crippen LogP contribution in [0.4, 0.5) is 0 Å². The van der Waals surface area contributed by atoms with Crippen LogP contribution in [-0.2, 0) is 0 Å². The smallest absolute Gasteiger partial charge is 0.181 e. The Morgan fingerprint density at radius 1 is 0.606 bits per heavy atom. The number of hydrogen-bond donors (Lipinski definition) is 0. The average molecular weight is 439 g/mol. The Labute approximate surface area is 194 Å². The fourth-order valence-electron chi connectivity index (χ4n) is 6.04. The van der Waals surface area contributed by atoms with Crippen molar-refractivity contribution in [2.75, 3.05) is 0 Å². The number of para-hydroxylation sites is 1. The van der Waals surface area contributed by atoms with E-state index in [0.29, 0.717) is 0 Å². The van der Waals surface area contributed by atoms with Crippen molar-refractivity contribution in [2.45, 2.75) is 6.92 Å². The van der Waals surface area contributed by atoms with Crippen LogP contribution < -0.4 is 20.7 Å². The fraction of sp³-hybridized carbons (Fsp3) is 0.0323. The summed E-state index contributed by atoms with van der Waals surface area (Å²) in [5, 5.41) is 8.26. The van der Waals surface area contributed by atoms with E-state index in [1.54, 1.807) is 0 Å². The first-order valence-electron chi connectivity index (χ1n) is 11.5. The lowest BCUT2D eigenvalue weighted by Gasteiger charge is -2.31. The molecule has 0 saturated heterocycles. The van der Waals surface area contributed by atoms with Crippen LogP contribution in [0.25, 0.3) is 33.1 Å². The highest BCUT2D eigenvalue weighted by atomic mass is 28.3. The normalized spacial score (nSPS) is 13.8. The van der Waals surface area contributed by atoms with Crippen molar-refractivity contribution >= 4 is 50.8 Å². The highest BCUT2D eigenvalue weighted by Crippen LogP contribution is 2.38. The lowest BCUT2D eigenvalue weighted by atomic mass is 9.98. The molecule has 1 aliphatic rings. The molecule has 1 aliphatic heterocycles. The molecule has 2 heteroatoms. The fourth-order valence-corrected chi connectivity index (χ4v) is 11.5. The van der Waals surface area contributed by atoms with Gasteiger partial charge in [-0.1, -0.05) is 103 Å². The molecule has 0 N–H and O–H groups in total. The first-order valence-corrected chi connectivity index (χ1v) is 13.5. The largest absolute Gasteiger partial charge is 0.456 e. The maximum atomic E-state index is 6.44. The Balaban J connectivity index is 1.80. The van der Waals surface area contributed by atoms with E-state index in [9.17, 15) is 0 Å². The summed E-state index contributed by atoms with van der Waals surface area (Å²) in [5.41, 5.74) is 6.00. The molecule has 33 heavy (non-hydrogen) atoms. The molecular weight excluding hydrogens is 416 g/mol. The number of benzene rings is 5. The third-order valence-electron chi connectivity index (χ3n) is 7.25. The molecule has 156 valence electrons. The zero-order chi connectivity index (χ0) is 22.0. The van der Waals surface area contributed by atoms with E-state index in [4.69, 9.17) is 4.42 Å². The molecule has 5 aromatic carbocycles. The quantitative estimate of drug-likeness (QED) is 0.336. The van der Waals surface area contributed by atoms with Gasteiger partial charge in [0.1, 0.15) is 11.2 Å². The van der Waals surface area contributed by atoms with Gasteiger partial charge in [-0.15, -0.1) is 0 Å². The highest BCUT2D eigenvalue weighted by Gasteiger charge is 2.50. The molecule has 0 amide bonds. The standard InChI is InChI=1S/C31H22OSi/c1-21-20-27-30(24-16-8-10-18-26(24)32-27)31-29(21)25-17-9-11-19-28(25)33(31,22-12-4-2-5-13-22)23-14-6-3-7-15-23/h2-20H,1H3. The van der Waals surface area contributed by atoms with Crippen LogP contribution in [0.3, 0.4) is 0 Å². The molecule has 0 fully saturated rings. The minimum Gasteiger partial charge on any atom is -0.456 e. The van der Waals surface area contributed by atoms with Gasteiger partial charge >= 0.3 is 0 Å². The summed E-state index contributed by atoms with van der Waals surface area (Å²) in [5.74, 6) is 0. The summed E-state index contributed by atoms with van der Waals surface area (Å²) in [4.78, 5) is 0. The summed E-state index contributed by atoms with van der Waals surface area (Å²) in [6.07, 6.45) is 0. The molecule has 0 bridgehead atoms. The third kappa shape index (κ3) is 2.36. The average Bonchev–Trinajstić information content (AvgIpc) is 3.39. The second-order valence-corrected chi connectivity index (χ2v) is 12.6. The number of aryl methyl sites for hydroxylation is 1. The van der Waals surface area contributed by atoms with Gasteiger partial charge in [0.05, 0.1) is 0 Å². The Morgan fingerprint density at radius 2 is 1.21 bits per heavy atom. The number of hydrogen-bond acceptors (Lipinski definition) is 1. The third-order valence-corrected chi connectivity index (χ3v) is 12.1. The first kappa shape index (κ1) is 18.7. The van der Waals surface area contributed by atoms with Gasteiger partial charge in [0.2, 0.25) is 0 Å². The molecule has 7 rings (SSSR count). The van der Waals surface area contributed by atoms with E-state index in [2.05, 4.69) is 122 Å². The van der Waals surface area contributed by atoms with E-state index in [-0.39, 0.29) is 0 Å². The van der Waals surface area contributed by atoms with Gasteiger partial charge < -0.3 is 4.42 Å². The molecule has 0 aliphatic carbocycles. The molecular formula is C31H22OSi. The van der Waals surface area contributed by atoms with Crippen LogP contribution in [-0.4, -0.2) is 8.07 Å². The Hall–Kier alpha value is -3.88. The maximum Gasteiger partial charge on any atom is 0.181 e. The van der Waals surface area contributed by atoms with Gasteiger partial charge in [-0.25, -0.2) is 0 Å². The molecule has 1 aromatic heterocycles. The minimum absolute atomic E-state index is 0.959. The molecule has 0 unspecified atom stereocenters. The van der Waals surface area contributed by atoms with Crippen LogP contribution in [0.2, 0.25) is 0 Å². The van der Waals surface area contributed by atoms with E-state index >= 15 is 0 Å². The van der Waals surface area contributed by atoms with Crippen LogP contribution in [0.1, 0.15) is 5.56 Å². The zero-order valence-electron chi connectivity index (χ0n) is 18.4. The minimum atomic E-state index is -2.56. The maximum absolute atomic E-state index is 6.44. The summed E-state index contributed by atoms with van der Waals surface area (Å²) in [6.45, 7) is 2.24. The van der Waals surface area contributed by atoms with Gasteiger partial charge in [0.25, 0.3) is 0 Å². The van der Waals surface area contributed by atoms with Gasteiger partial charge in [-0.05, 0) is 56.5 Å². The molecule has 1 nitrogen and oxygen atoms in total. The van der Waals surface area contributed by atoms with Crippen molar-refractivity contribution in [1.82, 2.24) is 0 Å². The van der Waals surface area contributed by atoms with Crippen LogP contribution in [0, 0.1) is 6.92 Å². The van der Waals surface area contributed by atoms with Gasteiger partial charge in [-0.2, -0.15) is 0 Å². The molecule has 0 atom stereocenters. The predicted molar refractivity (Wildman–Crippen MR) is 141 cm³/mol. The van der Waals surface area contributed by atoms with Crippen LogP contribution in [0.5, 0.6) is 0 Å².